The van der Waals surface area contributed by atoms with E-state index in [1.165, 1.54) is 10.8 Å². The van der Waals surface area contributed by atoms with Crippen LogP contribution in [0, 0.1) is 6.92 Å². The van der Waals surface area contributed by atoms with Gasteiger partial charge in [0.1, 0.15) is 6.10 Å². The first-order valence-electron chi connectivity index (χ1n) is 6.29. The van der Waals surface area contributed by atoms with Crippen LogP contribution in [0.2, 0.25) is 0 Å². The second-order valence-corrected chi connectivity index (χ2v) is 4.77. The number of aromatic nitrogens is 2. The molecule has 104 valence electrons. The number of hydrogen-bond donors (Lipinski definition) is 2. The number of aryl methyl sites for hydroxylation is 1. The number of aliphatic hydroxyl groups is 1. The minimum absolute atomic E-state index is 0.162. The number of ether oxygens (including phenoxy) is 1. The fourth-order valence-electron chi connectivity index (χ4n) is 2.45. The number of nitrogens with zero attached hydrogens (tertiary/aromatic N) is 1. The fourth-order valence-corrected chi connectivity index (χ4v) is 2.45. The summed E-state index contributed by atoms with van der Waals surface area (Å²) in [6, 6.07) is 7.41. The molecule has 1 aromatic heterocycles. The van der Waals surface area contributed by atoms with Gasteiger partial charge < -0.3 is 9.84 Å². The van der Waals surface area contributed by atoms with Crippen LogP contribution >= 0.6 is 0 Å². The minimum Gasteiger partial charge on any atom is -0.393 e. The highest BCUT2D eigenvalue weighted by atomic mass is 16.5. The van der Waals surface area contributed by atoms with Gasteiger partial charge in [0.05, 0.1) is 6.61 Å². The van der Waals surface area contributed by atoms with Gasteiger partial charge in [-0.1, -0.05) is 24.3 Å². The smallest absolute Gasteiger partial charge is 0.330 e. The van der Waals surface area contributed by atoms with E-state index in [1.54, 1.807) is 6.92 Å². The summed E-state index contributed by atoms with van der Waals surface area (Å²) >= 11 is 0. The van der Waals surface area contributed by atoms with Gasteiger partial charge in [-0.15, -0.1) is 0 Å². The van der Waals surface area contributed by atoms with Crippen molar-refractivity contribution in [2.75, 3.05) is 6.61 Å². The van der Waals surface area contributed by atoms with E-state index in [1.807, 2.05) is 24.3 Å². The molecule has 0 amide bonds. The summed E-state index contributed by atoms with van der Waals surface area (Å²) in [6.07, 6.45) is 0.379. The Morgan fingerprint density at radius 3 is 2.70 bits per heavy atom. The SMILES string of the molecule is Cc1cn([C@H]2O[C@H](CO)c3ccccc32)c(=O)[nH]c1=O. The second kappa shape index (κ2) is 4.73. The molecule has 2 heterocycles. The van der Waals surface area contributed by atoms with Crippen LogP contribution in [-0.2, 0) is 4.74 Å². The van der Waals surface area contributed by atoms with Crippen molar-refractivity contribution in [3.8, 4) is 0 Å². The van der Waals surface area contributed by atoms with E-state index in [0.717, 1.165) is 11.1 Å². The van der Waals surface area contributed by atoms with Gasteiger partial charge in [-0.2, -0.15) is 0 Å². The molecule has 2 aromatic rings. The predicted octanol–water partition coefficient (Wildman–Crippen LogP) is 0.456. The van der Waals surface area contributed by atoms with Crippen LogP contribution in [0.25, 0.3) is 0 Å². The third-order valence-corrected chi connectivity index (χ3v) is 3.47. The average molecular weight is 274 g/mol. The molecular formula is C14H14N2O4. The number of hydrogen-bond acceptors (Lipinski definition) is 4. The summed E-state index contributed by atoms with van der Waals surface area (Å²) in [5.41, 5.74) is 1.17. The lowest BCUT2D eigenvalue weighted by atomic mass is 10.0. The molecular weight excluding hydrogens is 260 g/mol. The lowest BCUT2D eigenvalue weighted by Gasteiger charge is -2.16. The molecule has 0 unspecified atom stereocenters. The van der Waals surface area contributed by atoms with Crippen LogP contribution in [0.5, 0.6) is 0 Å². The summed E-state index contributed by atoms with van der Waals surface area (Å²) in [6.45, 7) is 1.46. The number of H-pyrrole nitrogens is 1. The molecule has 0 saturated heterocycles. The molecule has 6 nitrogen and oxygen atoms in total. The fraction of sp³-hybridized carbons (Fsp3) is 0.286. The van der Waals surface area contributed by atoms with E-state index >= 15 is 0 Å². The van der Waals surface area contributed by atoms with Crippen molar-refractivity contribution in [3.05, 3.63) is 68.0 Å². The van der Waals surface area contributed by atoms with Crippen molar-refractivity contribution in [1.29, 1.82) is 0 Å². The van der Waals surface area contributed by atoms with Crippen LogP contribution in [-0.4, -0.2) is 21.3 Å². The summed E-state index contributed by atoms with van der Waals surface area (Å²) in [7, 11) is 0. The predicted molar refractivity (Wildman–Crippen MR) is 71.6 cm³/mol. The maximum Gasteiger partial charge on any atom is 0.330 e. The summed E-state index contributed by atoms with van der Waals surface area (Å²) in [4.78, 5) is 25.6. The molecule has 0 spiro atoms. The zero-order chi connectivity index (χ0) is 14.3. The Bertz CT molecular complexity index is 762. The third-order valence-electron chi connectivity index (χ3n) is 3.47. The maximum absolute atomic E-state index is 11.9. The van der Waals surface area contributed by atoms with E-state index < -0.39 is 23.6 Å². The molecule has 6 heteroatoms. The molecule has 1 aliphatic heterocycles. The first-order valence-corrected chi connectivity index (χ1v) is 6.29. The highest BCUT2D eigenvalue weighted by Gasteiger charge is 2.32. The summed E-state index contributed by atoms with van der Waals surface area (Å²) in [5.74, 6) is 0. The molecule has 0 saturated carbocycles. The van der Waals surface area contributed by atoms with Crippen LogP contribution in [0.1, 0.15) is 29.0 Å². The topological polar surface area (TPSA) is 84.3 Å². The molecule has 2 N–H and O–H groups in total. The van der Waals surface area contributed by atoms with Gasteiger partial charge in [0.15, 0.2) is 6.23 Å². The molecule has 20 heavy (non-hydrogen) atoms. The van der Waals surface area contributed by atoms with Crippen molar-refractivity contribution in [3.63, 3.8) is 0 Å². The van der Waals surface area contributed by atoms with Crippen molar-refractivity contribution >= 4 is 0 Å². The molecule has 3 rings (SSSR count). The summed E-state index contributed by atoms with van der Waals surface area (Å²) < 4.78 is 7.07. The average Bonchev–Trinajstić information content (AvgIpc) is 2.82. The minimum atomic E-state index is -0.633. The van der Waals surface area contributed by atoms with Crippen LogP contribution in [0.4, 0.5) is 0 Å². The molecule has 2 atom stereocenters. The van der Waals surface area contributed by atoms with Crippen LogP contribution < -0.4 is 11.2 Å². The maximum atomic E-state index is 11.9. The Morgan fingerprint density at radius 2 is 2.00 bits per heavy atom. The Hall–Kier alpha value is -2.18. The van der Waals surface area contributed by atoms with E-state index in [-0.39, 0.29) is 6.61 Å². The molecule has 1 aliphatic rings. The molecule has 0 radical (unpaired) electrons. The van der Waals surface area contributed by atoms with E-state index in [4.69, 9.17) is 4.74 Å². The van der Waals surface area contributed by atoms with Gasteiger partial charge in [0, 0.05) is 17.3 Å². The molecule has 0 bridgehead atoms. The van der Waals surface area contributed by atoms with Crippen molar-refractivity contribution in [1.82, 2.24) is 9.55 Å². The second-order valence-electron chi connectivity index (χ2n) is 4.77. The largest absolute Gasteiger partial charge is 0.393 e. The third kappa shape index (κ3) is 1.90. The zero-order valence-electron chi connectivity index (χ0n) is 10.9. The Labute approximate surface area is 114 Å². The van der Waals surface area contributed by atoms with Gasteiger partial charge >= 0.3 is 5.69 Å². The number of aliphatic hydroxyl groups excluding tert-OH is 1. The Balaban J connectivity index is 2.16. The lowest BCUT2D eigenvalue weighted by Crippen LogP contribution is -2.33. The molecule has 1 aromatic carbocycles. The number of benzene rings is 1. The first kappa shape index (κ1) is 12.8. The lowest BCUT2D eigenvalue weighted by molar-refractivity contribution is -0.0342. The summed E-state index contributed by atoms with van der Waals surface area (Å²) in [5, 5.41) is 9.38. The molecule has 0 fully saturated rings. The first-order chi connectivity index (χ1) is 9.61. The van der Waals surface area contributed by atoms with Gasteiger partial charge in [-0.05, 0) is 12.5 Å². The van der Waals surface area contributed by atoms with Crippen LogP contribution in [0.15, 0.2) is 40.1 Å². The Kier molecular flexibility index (Phi) is 3.04. The number of aromatic amines is 1. The number of nitrogens with one attached hydrogen (secondary N) is 1. The number of rotatable bonds is 2. The number of fused-ring (bicyclic) bond motifs is 1. The zero-order valence-corrected chi connectivity index (χ0v) is 10.9. The van der Waals surface area contributed by atoms with Crippen molar-refractivity contribution in [2.24, 2.45) is 0 Å². The molecule has 0 aliphatic carbocycles. The quantitative estimate of drug-likeness (QED) is 0.833. The van der Waals surface area contributed by atoms with Gasteiger partial charge in [-0.3, -0.25) is 14.3 Å². The van der Waals surface area contributed by atoms with E-state index in [0.29, 0.717) is 5.56 Å². The van der Waals surface area contributed by atoms with Gasteiger partial charge in [0.2, 0.25) is 0 Å². The van der Waals surface area contributed by atoms with E-state index in [2.05, 4.69) is 4.98 Å². The van der Waals surface area contributed by atoms with Crippen LogP contribution in [0.3, 0.4) is 0 Å². The highest BCUT2D eigenvalue weighted by molar-refractivity contribution is 5.34. The Morgan fingerprint density at radius 1 is 1.30 bits per heavy atom. The standard InChI is InChI=1S/C14H14N2O4/c1-8-6-16(14(19)15-12(8)18)13-10-5-3-2-4-9(10)11(7-17)20-13/h2-6,11,13,17H,7H2,1H3,(H,15,18,19)/t11-,13+/m1/s1. The van der Waals surface area contributed by atoms with Gasteiger partial charge in [-0.25, -0.2) is 4.79 Å². The van der Waals surface area contributed by atoms with Crippen molar-refractivity contribution < 1.29 is 9.84 Å². The normalized spacial score (nSPS) is 20.9. The monoisotopic (exact) mass is 274 g/mol. The highest BCUT2D eigenvalue weighted by Crippen LogP contribution is 2.38. The van der Waals surface area contributed by atoms with Crippen molar-refractivity contribution in [2.45, 2.75) is 19.3 Å². The van der Waals surface area contributed by atoms with Gasteiger partial charge in [0.25, 0.3) is 5.56 Å². The van der Waals surface area contributed by atoms with E-state index in [9.17, 15) is 14.7 Å².